The highest BCUT2D eigenvalue weighted by Crippen LogP contribution is 2.22. The van der Waals surface area contributed by atoms with E-state index in [1.54, 1.807) is 0 Å². The first-order chi connectivity index (χ1) is 7.95. The predicted octanol–water partition coefficient (Wildman–Crippen LogP) is 2.25. The number of carbonyl (C=O) groups is 1. The minimum Gasteiger partial charge on any atom is -0.341 e. The lowest BCUT2D eigenvalue weighted by atomic mass is 9.97. The molecule has 1 rings (SSSR count). The van der Waals surface area contributed by atoms with Crippen molar-refractivity contribution < 1.29 is 4.79 Å². The maximum Gasteiger partial charge on any atom is 0.239 e. The Morgan fingerprint density at radius 2 is 2.06 bits per heavy atom. The van der Waals surface area contributed by atoms with E-state index < -0.39 is 0 Å². The number of rotatable bonds is 3. The van der Waals surface area contributed by atoms with Crippen LogP contribution in [0, 0.1) is 17.8 Å². The van der Waals surface area contributed by atoms with Crippen LogP contribution in [0.1, 0.15) is 47.0 Å². The van der Waals surface area contributed by atoms with Gasteiger partial charge in [-0.1, -0.05) is 34.1 Å². The van der Waals surface area contributed by atoms with Crippen LogP contribution in [0.3, 0.4) is 0 Å². The standard InChI is InChI=1S/C14H28N2O/c1-5-12(4)13(15)14(17)16-7-6-10(2)8-11(3)9-16/h10-13H,5-9,15H2,1-4H3. The number of likely N-dealkylation sites (tertiary alicyclic amines) is 1. The van der Waals surface area contributed by atoms with E-state index in [9.17, 15) is 4.79 Å². The summed E-state index contributed by atoms with van der Waals surface area (Å²) in [5.74, 6) is 1.75. The molecule has 0 aliphatic carbocycles. The average Bonchev–Trinajstić information content (AvgIpc) is 2.47. The van der Waals surface area contributed by atoms with Crippen molar-refractivity contribution in [3.63, 3.8) is 0 Å². The van der Waals surface area contributed by atoms with Crippen molar-refractivity contribution in [3.8, 4) is 0 Å². The Kier molecular flexibility index (Phi) is 5.44. The van der Waals surface area contributed by atoms with Crippen molar-refractivity contribution in [1.29, 1.82) is 0 Å². The minimum absolute atomic E-state index is 0.153. The molecule has 3 nitrogen and oxygen atoms in total. The van der Waals surface area contributed by atoms with Crippen molar-refractivity contribution in [1.82, 2.24) is 4.90 Å². The van der Waals surface area contributed by atoms with Gasteiger partial charge in [-0.05, 0) is 30.6 Å². The molecule has 0 saturated carbocycles. The SMILES string of the molecule is CCC(C)C(N)C(=O)N1CCC(C)CC(C)C1. The Bertz CT molecular complexity index is 255. The third kappa shape index (κ3) is 3.98. The zero-order chi connectivity index (χ0) is 13.0. The Morgan fingerprint density at radius 3 is 2.65 bits per heavy atom. The molecule has 1 aliphatic heterocycles. The van der Waals surface area contributed by atoms with Gasteiger partial charge in [0, 0.05) is 13.1 Å². The van der Waals surface area contributed by atoms with Gasteiger partial charge in [0.25, 0.3) is 0 Å². The Balaban J connectivity index is 2.61. The van der Waals surface area contributed by atoms with E-state index in [1.165, 1.54) is 6.42 Å². The first kappa shape index (κ1) is 14.5. The van der Waals surface area contributed by atoms with Crippen LogP contribution >= 0.6 is 0 Å². The number of nitrogens with zero attached hydrogens (tertiary/aromatic N) is 1. The first-order valence-corrected chi connectivity index (χ1v) is 7.00. The second-order valence-corrected chi connectivity index (χ2v) is 5.93. The van der Waals surface area contributed by atoms with Crippen LogP contribution in [-0.2, 0) is 4.79 Å². The monoisotopic (exact) mass is 240 g/mol. The molecule has 1 heterocycles. The Hall–Kier alpha value is -0.570. The Morgan fingerprint density at radius 1 is 1.41 bits per heavy atom. The van der Waals surface area contributed by atoms with E-state index in [2.05, 4.69) is 27.7 Å². The fourth-order valence-corrected chi connectivity index (χ4v) is 2.63. The van der Waals surface area contributed by atoms with Crippen LogP contribution in [0.5, 0.6) is 0 Å². The van der Waals surface area contributed by atoms with Gasteiger partial charge >= 0.3 is 0 Å². The predicted molar refractivity (Wildman–Crippen MR) is 71.6 cm³/mol. The molecule has 17 heavy (non-hydrogen) atoms. The molecular weight excluding hydrogens is 212 g/mol. The van der Waals surface area contributed by atoms with Crippen molar-refractivity contribution >= 4 is 5.91 Å². The third-order valence-electron chi connectivity index (χ3n) is 4.08. The number of hydrogen-bond donors (Lipinski definition) is 1. The van der Waals surface area contributed by atoms with Gasteiger partial charge in [-0.3, -0.25) is 4.79 Å². The zero-order valence-electron chi connectivity index (χ0n) is 11.8. The molecule has 0 aromatic carbocycles. The van der Waals surface area contributed by atoms with Gasteiger partial charge in [0.2, 0.25) is 5.91 Å². The van der Waals surface area contributed by atoms with Gasteiger partial charge in [0.15, 0.2) is 0 Å². The molecule has 0 aromatic heterocycles. The van der Waals surface area contributed by atoms with Crippen LogP contribution in [0.2, 0.25) is 0 Å². The summed E-state index contributed by atoms with van der Waals surface area (Å²) in [5, 5.41) is 0. The molecule has 0 radical (unpaired) electrons. The molecule has 1 amide bonds. The molecule has 2 N–H and O–H groups in total. The van der Waals surface area contributed by atoms with E-state index >= 15 is 0 Å². The summed E-state index contributed by atoms with van der Waals surface area (Å²) in [4.78, 5) is 14.3. The summed E-state index contributed by atoms with van der Waals surface area (Å²) in [6.45, 7) is 10.4. The fraction of sp³-hybridized carbons (Fsp3) is 0.929. The van der Waals surface area contributed by atoms with Crippen molar-refractivity contribution in [2.75, 3.05) is 13.1 Å². The lowest BCUT2D eigenvalue weighted by Gasteiger charge is -2.28. The van der Waals surface area contributed by atoms with Crippen LogP contribution < -0.4 is 5.73 Å². The highest BCUT2D eigenvalue weighted by molar-refractivity contribution is 5.82. The summed E-state index contributed by atoms with van der Waals surface area (Å²) in [7, 11) is 0. The summed E-state index contributed by atoms with van der Waals surface area (Å²) < 4.78 is 0. The topological polar surface area (TPSA) is 46.3 Å². The van der Waals surface area contributed by atoms with Crippen molar-refractivity contribution in [3.05, 3.63) is 0 Å². The zero-order valence-corrected chi connectivity index (χ0v) is 11.8. The molecule has 0 bridgehead atoms. The molecule has 4 atom stereocenters. The van der Waals surface area contributed by atoms with E-state index in [1.807, 2.05) is 4.90 Å². The molecule has 1 aliphatic rings. The van der Waals surface area contributed by atoms with Crippen molar-refractivity contribution in [2.45, 2.75) is 53.0 Å². The van der Waals surface area contributed by atoms with Gasteiger partial charge in [-0.25, -0.2) is 0 Å². The lowest BCUT2D eigenvalue weighted by molar-refractivity contribution is -0.134. The highest BCUT2D eigenvalue weighted by atomic mass is 16.2. The third-order valence-corrected chi connectivity index (χ3v) is 4.08. The van der Waals surface area contributed by atoms with Gasteiger partial charge in [-0.2, -0.15) is 0 Å². The molecule has 1 saturated heterocycles. The van der Waals surface area contributed by atoms with Gasteiger partial charge in [-0.15, -0.1) is 0 Å². The van der Waals surface area contributed by atoms with Crippen LogP contribution in [0.25, 0.3) is 0 Å². The Labute approximate surface area is 106 Å². The van der Waals surface area contributed by atoms with Crippen LogP contribution in [-0.4, -0.2) is 29.9 Å². The van der Waals surface area contributed by atoms with E-state index in [-0.39, 0.29) is 17.9 Å². The second kappa shape index (κ2) is 6.39. The molecule has 4 unspecified atom stereocenters. The summed E-state index contributed by atoms with van der Waals surface area (Å²) in [6.07, 6.45) is 3.30. The summed E-state index contributed by atoms with van der Waals surface area (Å²) in [6, 6.07) is -0.319. The van der Waals surface area contributed by atoms with Gasteiger partial charge < -0.3 is 10.6 Å². The van der Waals surface area contributed by atoms with E-state index in [0.717, 1.165) is 31.8 Å². The van der Waals surface area contributed by atoms with Crippen LogP contribution in [0.15, 0.2) is 0 Å². The summed E-state index contributed by atoms with van der Waals surface area (Å²) in [5.41, 5.74) is 6.04. The fourth-order valence-electron chi connectivity index (χ4n) is 2.63. The molecule has 0 aromatic rings. The normalized spacial score (nSPS) is 29.6. The smallest absolute Gasteiger partial charge is 0.239 e. The maximum atomic E-state index is 12.3. The van der Waals surface area contributed by atoms with E-state index in [4.69, 9.17) is 5.73 Å². The number of carbonyl (C=O) groups excluding carboxylic acids is 1. The second-order valence-electron chi connectivity index (χ2n) is 5.93. The van der Waals surface area contributed by atoms with Gasteiger partial charge in [0.1, 0.15) is 0 Å². The quantitative estimate of drug-likeness (QED) is 0.822. The largest absolute Gasteiger partial charge is 0.341 e. The number of amides is 1. The number of nitrogens with two attached hydrogens (primary N) is 1. The molecule has 100 valence electrons. The van der Waals surface area contributed by atoms with E-state index in [0.29, 0.717) is 5.92 Å². The average molecular weight is 240 g/mol. The first-order valence-electron chi connectivity index (χ1n) is 7.00. The lowest BCUT2D eigenvalue weighted by Crippen LogP contribution is -2.48. The molecule has 0 spiro atoms. The van der Waals surface area contributed by atoms with Crippen LogP contribution in [0.4, 0.5) is 0 Å². The highest BCUT2D eigenvalue weighted by Gasteiger charge is 2.28. The van der Waals surface area contributed by atoms with Crippen molar-refractivity contribution in [2.24, 2.45) is 23.5 Å². The summed E-state index contributed by atoms with van der Waals surface area (Å²) >= 11 is 0. The molecule has 1 fully saturated rings. The van der Waals surface area contributed by atoms with Gasteiger partial charge in [0.05, 0.1) is 6.04 Å². The number of hydrogen-bond acceptors (Lipinski definition) is 2. The molecule has 3 heteroatoms. The maximum absolute atomic E-state index is 12.3. The molecular formula is C14H28N2O. The minimum atomic E-state index is -0.319.